The van der Waals surface area contributed by atoms with Crippen molar-refractivity contribution in [3.05, 3.63) is 64.5 Å². The second-order valence-corrected chi connectivity index (χ2v) is 7.02. The van der Waals surface area contributed by atoms with E-state index in [4.69, 9.17) is 4.74 Å². The van der Waals surface area contributed by atoms with Gasteiger partial charge in [0.05, 0.1) is 12.7 Å². The molecular formula is C22H27N3O3. The minimum absolute atomic E-state index is 0.0600. The van der Waals surface area contributed by atoms with E-state index in [9.17, 15) is 9.59 Å². The number of carbonyl (C=O) groups is 2. The number of ether oxygens (including phenoxy) is 1. The fraction of sp³-hybridized carbons (Fsp3) is 0.364. The normalized spacial score (nSPS) is 15.2. The van der Waals surface area contributed by atoms with Crippen LogP contribution in [0.5, 0.6) is 0 Å². The highest BCUT2D eigenvalue weighted by Crippen LogP contribution is 2.21. The highest BCUT2D eigenvalue weighted by atomic mass is 16.5. The number of aromatic nitrogens is 1. The van der Waals surface area contributed by atoms with Crippen LogP contribution in [-0.2, 0) is 4.74 Å². The van der Waals surface area contributed by atoms with Gasteiger partial charge in [0.15, 0.2) is 0 Å². The molecule has 1 amide bonds. The zero-order valence-electron chi connectivity index (χ0n) is 16.7. The molecule has 0 radical (unpaired) electrons. The maximum absolute atomic E-state index is 12.9. The molecule has 1 saturated heterocycles. The maximum Gasteiger partial charge on any atom is 0.339 e. The molecule has 28 heavy (non-hydrogen) atoms. The molecule has 6 heteroatoms. The Kier molecular flexibility index (Phi) is 6.31. The highest BCUT2D eigenvalue weighted by molar-refractivity contribution is 6.00. The molecule has 0 aliphatic carbocycles. The first-order valence-corrected chi connectivity index (χ1v) is 9.52. The van der Waals surface area contributed by atoms with E-state index in [-0.39, 0.29) is 5.91 Å². The van der Waals surface area contributed by atoms with Crippen molar-refractivity contribution in [1.29, 1.82) is 0 Å². The summed E-state index contributed by atoms with van der Waals surface area (Å²) < 4.78 is 4.82. The van der Waals surface area contributed by atoms with E-state index < -0.39 is 5.97 Å². The second-order valence-electron chi connectivity index (χ2n) is 7.02. The second kappa shape index (κ2) is 8.89. The van der Waals surface area contributed by atoms with Crippen LogP contribution in [0.25, 0.3) is 6.08 Å². The molecule has 148 valence electrons. The standard InChI is InChI=1S/C22H27N3O3/c1-16-19(22(27)28-3)17(2)23-20(16)21(26)25-14-12-24(13-15-25)11-7-10-18-8-5-4-6-9-18/h4-10,23H,11-15H2,1-3H3/b10-7+. The lowest BCUT2D eigenvalue weighted by Crippen LogP contribution is -2.48. The van der Waals surface area contributed by atoms with Crippen molar-refractivity contribution < 1.29 is 14.3 Å². The molecule has 0 bridgehead atoms. The summed E-state index contributed by atoms with van der Waals surface area (Å²) in [5, 5.41) is 0. The van der Waals surface area contributed by atoms with Crippen molar-refractivity contribution in [3.63, 3.8) is 0 Å². The molecule has 1 aromatic carbocycles. The van der Waals surface area contributed by atoms with Gasteiger partial charge in [-0.1, -0.05) is 42.5 Å². The number of hydrogen-bond donors (Lipinski definition) is 1. The number of piperazine rings is 1. The lowest BCUT2D eigenvalue weighted by atomic mass is 10.1. The number of amides is 1. The molecule has 2 heterocycles. The van der Waals surface area contributed by atoms with Crippen LogP contribution in [0, 0.1) is 13.8 Å². The third-order valence-electron chi connectivity index (χ3n) is 5.17. The zero-order valence-corrected chi connectivity index (χ0v) is 16.7. The Bertz CT molecular complexity index is 863. The molecule has 0 atom stereocenters. The van der Waals surface area contributed by atoms with Gasteiger partial charge in [0.1, 0.15) is 5.69 Å². The van der Waals surface area contributed by atoms with E-state index in [1.165, 1.54) is 12.7 Å². The number of rotatable bonds is 5. The van der Waals surface area contributed by atoms with E-state index in [1.54, 1.807) is 13.8 Å². The Morgan fingerprint density at radius 2 is 1.79 bits per heavy atom. The summed E-state index contributed by atoms with van der Waals surface area (Å²) >= 11 is 0. The minimum Gasteiger partial charge on any atom is -0.465 e. The number of carbonyl (C=O) groups excluding carboxylic acids is 2. The van der Waals surface area contributed by atoms with Crippen LogP contribution >= 0.6 is 0 Å². The third-order valence-corrected chi connectivity index (χ3v) is 5.17. The van der Waals surface area contributed by atoms with Gasteiger partial charge in [-0.3, -0.25) is 9.69 Å². The minimum atomic E-state index is -0.416. The van der Waals surface area contributed by atoms with Crippen LogP contribution < -0.4 is 0 Å². The number of benzene rings is 1. The number of esters is 1. The predicted molar refractivity (Wildman–Crippen MR) is 109 cm³/mol. The van der Waals surface area contributed by atoms with Crippen LogP contribution in [0.3, 0.4) is 0 Å². The monoisotopic (exact) mass is 381 g/mol. The molecule has 0 spiro atoms. The Morgan fingerprint density at radius 1 is 1.11 bits per heavy atom. The van der Waals surface area contributed by atoms with E-state index >= 15 is 0 Å². The van der Waals surface area contributed by atoms with Gasteiger partial charge in [-0.25, -0.2) is 4.79 Å². The zero-order chi connectivity index (χ0) is 20.1. The molecule has 1 aromatic heterocycles. The summed E-state index contributed by atoms with van der Waals surface area (Å²) in [6.45, 7) is 7.43. The Balaban J connectivity index is 1.57. The molecule has 1 fully saturated rings. The van der Waals surface area contributed by atoms with Crippen LogP contribution in [0.15, 0.2) is 36.4 Å². The van der Waals surface area contributed by atoms with Gasteiger partial charge >= 0.3 is 5.97 Å². The summed E-state index contributed by atoms with van der Waals surface area (Å²) in [5.74, 6) is -0.476. The number of nitrogens with zero attached hydrogens (tertiary/aromatic N) is 2. The van der Waals surface area contributed by atoms with Gasteiger partial charge in [0.2, 0.25) is 0 Å². The molecule has 1 aliphatic rings. The number of H-pyrrole nitrogens is 1. The topological polar surface area (TPSA) is 65.6 Å². The Hall–Kier alpha value is -2.86. The van der Waals surface area contributed by atoms with E-state index in [0.29, 0.717) is 35.6 Å². The number of nitrogens with one attached hydrogen (secondary N) is 1. The average Bonchev–Trinajstić information content (AvgIpc) is 3.02. The summed E-state index contributed by atoms with van der Waals surface area (Å²) in [5.41, 5.74) is 3.45. The molecule has 3 rings (SSSR count). The van der Waals surface area contributed by atoms with Gasteiger partial charge < -0.3 is 14.6 Å². The molecular weight excluding hydrogens is 354 g/mol. The molecule has 0 unspecified atom stereocenters. The molecule has 0 saturated carbocycles. The average molecular weight is 381 g/mol. The van der Waals surface area contributed by atoms with E-state index in [0.717, 1.165) is 19.6 Å². The number of hydrogen-bond acceptors (Lipinski definition) is 4. The van der Waals surface area contributed by atoms with Crippen LogP contribution in [0.4, 0.5) is 0 Å². The molecule has 6 nitrogen and oxygen atoms in total. The highest BCUT2D eigenvalue weighted by Gasteiger charge is 2.27. The fourth-order valence-electron chi connectivity index (χ4n) is 3.57. The van der Waals surface area contributed by atoms with Crippen molar-refractivity contribution >= 4 is 18.0 Å². The Morgan fingerprint density at radius 3 is 2.43 bits per heavy atom. The SMILES string of the molecule is COC(=O)c1c(C)[nH]c(C(=O)N2CCN(C/C=C/c3ccccc3)CC2)c1C. The van der Waals surface area contributed by atoms with Crippen LogP contribution in [0.1, 0.15) is 37.7 Å². The van der Waals surface area contributed by atoms with Crippen molar-refractivity contribution in [2.45, 2.75) is 13.8 Å². The first kappa shape index (κ1) is 19.9. The number of aromatic amines is 1. The molecule has 1 N–H and O–H groups in total. The number of aryl methyl sites for hydroxylation is 1. The quantitative estimate of drug-likeness (QED) is 0.809. The summed E-state index contributed by atoms with van der Waals surface area (Å²) in [7, 11) is 1.35. The van der Waals surface area contributed by atoms with Gasteiger partial charge in [-0.2, -0.15) is 0 Å². The van der Waals surface area contributed by atoms with E-state index in [2.05, 4.69) is 34.2 Å². The summed E-state index contributed by atoms with van der Waals surface area (Å²) in [6, 6.07) is 10.2. The van der Waals surface area contributed by atoms with Crippen molar-refractivity contribution in [1.82, 2.24) is 14.8 Å². The van der Waals surface area contributed by atoms with Crippen molar-refractivity contribution in [2.24, 2.45) is 0 Å². The third kappa shape index (κ3) is 4.34. The Labute approximate surface area is 165 Å². The van der Waals surface area contributed by atoms with Gasteiger partial charge in [0, 0.05) is 38.4 Å². The van der Waals surface area contributed by atoms with Gasteiger partial charge in [-0.15, -0.1) is 0 Å². The number of methoxy groups -OCH3 is 1. The lowest BCUT2D eigenvalue weighted by Gasteiger charge is -2.34. The van der Waals surface area contributed by atoms with Crippen molar-refractivity contribution in [2.75, 3.05) is 39.8 Å². The predicted octanol–water partition coefficient (Wildman–Crippen LogP) is 2.89. The van der Waals surface area contributed by atoms with E-state index in [1.807, 2.05) is 23.1 Å². The van der Waals surface area contributed by atoms with Crippen LogP contribution in [-0.4, -0.2) is 66.5 Å². The van der Waals surface area contributed by atoms with Gasteiger partial charge in [0.25, 0.3) is 5.91 Å². The summed E-state index contributed by atoms with van der Waals surface area (Å²) in [6.07, 6.45) is 4.28. The van der Waals surface area contributed by atoms with Crippen LogP contribution in [0.2, 0.25) is 0 Å². The first-order valence-electron chi connectivity index (χ1n) is 9.52. The summed E-state index contributed by atoms with van der Waals surface area (Å²) in [4.78, 5) is 32.1. The fourth-order valence-corrected chi connectivity index (χ4v) is 3.57. The molecule has 1 aliphatic heterocycles. The van der Waals surface area contributed by atoms with Gasteiger partial charge in [-0.05, 0) is 25.0 Å². The van der Waals surface area contributed by atoms with Crippen molar-refractivity contribution in [3.8, 4) is 0 Å². The maximum atomic E-state index is 12.9. The largest absolute Gasteiger partial charge is 0.465 e. The lowest BCUT2D eigenvalue weighted by molar-refractivity contribution is 0.0599. The molecule has 2 aromatic rings. The first-order chi connectivity index (χ1) is 13.5. The smallest absolute Gasteiger partial charge is 0.339 e.